The minimum atomic E-state index is -0.536. The predicted molar refractivity (Wildman–Crippen MR) is 152 cm³/mol. The molecule has 0 fully saturated rings. The molecule has 3 aromatic carbocycles. The molecule has 0 bridgehead atoms. The molecule has 5 rings (SSSR count). The van der Waals surface area contributed by atoms with E-state index < -0.39 is 18.0 Å². The van der Waals surface area contributed by atoms with Crippen LogP contribution in [0, 0.1) is 16.6 Å². The third kappa shape index (κ3) is 6.02. The smallest absolute Gasteiger partial charge is 0.416 e. The number of benzene rings is 3. The summed E-state index contributed by atoms with van der Waals surface area (Å²) in [6, 6.07) is 18.1. The van der Waals surface area contributed by atoms with Gasteiger partial charge in [-0.2, -0.15) is 0 Å². The van der Waals surface area contributed by atoms with E-state index in [9.17, 15) is 9.18 Å². The summed E-state index contributed by atoms with van der Waals surface area (Å²) >= 11 is 7.27. The molecule has 0 saturated heterocycles. The summed E-state index contributed by atoms with van der Waals surface area (Å²) in [6.45, 7) is 1.18. The average Bonchev–Trinajstić information content (AvgIpc) is 3.30. The van der Waals surface area contributed by atoms with Crippen LogP contribution in [0.15, 0.2) is 66.7 Å². The quantitative estimate of drug-likeness (QED) is 0.118. The van der Waals surface area contributed by atoms with E-state index in [-0.39, 0.29) is 10.9 Å². The molecular formula is C28H25ClFN5O3S. The number of hydrogen-bond donors (Lipinski definition) is 4. The van der Waals surface area contributed by atoms with Crippen molar-refractivity contribution in [3.05, 3.63) is 94.4 Å². The van der Waals surface area contributed by atoms with E-state index in [1.807, 2.05) is 42.5 Å². The number of aromatic amines is 1. The number of fused-ring (bicyclic) bond motifs is 3. The number of amides is 1. The number of nitrogens with one attached hydrogen (secondary N) is 4. The van der Waals surface area contributed by atoms with Crippen LogP contribution in [0.1, 0.15) is 22.9 Å². The van der Waals surface area contributed by atoms with Gasteiger partial charge in [-0.3, -0.25) is 10.3 Å². The molecular weight excluding hydrogens is 541 g/mol. The third-order valence-electron chi connectivity index (χ3n) is 6.37. The van der Waals surface area contributed by atoms with E-state index >= 15 is 0 Å². The van der Waals surface area contributed by atoms with Crippen molar-refractivity contribution in [3.8, 4) is 11.5 Å². The molecule has 1 aromatic heterocycles. The monoisotopic (exact) mass is 565 g/mol. The lowest BCUT2D eigenvalue weighted by atomic mass is 9.92. The predicted octanol–water partition coefficient (Wildman–Crippen LogP) is 6.35. The van der Waals surface area contributed by atoms with E-state index in [1.54, 1.807) is 4.90 Å². The van der Waals surface area contributed by atoms with E-state index in [0.29, 0.717) is 36.9 Å². The first-order valence-corrected chi connectivity index (χ1v) is 13.4. The molecule has 1 atom stereocenters. The SMILES string of the molecule is N=CSC(=N)NCCOc1ccc(C2c3[nH]c4ccc(Cl)cc4c3CCN2C(=O)Oc2ccc(F)cc2)cc1. The lowest BCUT2D eigenvalue weighted by molar-refractivity contribution is 0.135. The molecule has 200 valence electrons. The van der Waals surface area contributed by atoms with Gasteiger partial charge in [-0.25, -0.2) is 9.18 Å². The van der Waals surface area contributed by atoms with Crippen LogP contribution in [0.4, 0.5) is 9.18 Å². The van der Waals surface area contributed by atoms with Crippen LogP contribution in [-0.2, 0) is 6.42 Å². The molecule has 4 N–H and O–H groups in total. The Kier molecular flexibility index (Phi) is 8.04. The largest absolute Gasteiger partial charge is 0.492 e. The summed E-state index contributed by atoms with van der Waals surface area (Å²) in [6.07, 6.45) is 0.0787. The average molecular weight is 566 g/mol. The van der Waals surface area contributed by atoms with Crippen molar-refractivity contribution < 1.29 is 18.7 Å². The Morgan fingerprint density at radius 2 is 1.90 bits per heavy atom. The molecule has 1 aliphatic heterocycles. The van der Waals surface area contributed by atoms with Crippen molar-refractivity contribution in [1.82, 2.24) is 15.2 Å². The topological polar surface area (TPSA) is 114 Å². The summed E-state index contributed by atoms with van der Waals surface area (Å²) in [5, 5.41) is 19.4. The van der Waals surface area contributed by atoms with E-state index in [4.69, 9.17) is 31.9 Å². The van der Waals surface area contributed by atoms with E-state index in [2.05, 4.69) is 10.3 Å². The number of halogens is 2. The molecule has 0 aliphatic carbocycles. The van der Waals surface area contributed by atoms with Gasteiger partial charge in [0.1, 0.15) is 30.0 Å². The normalized spacial score (nSPS) is 14.5. The van der Waals surface area contributed by atoms with Gasteiger partial charge in [-0.1, -0.05) is 23.7 Å². The second-order valence-electron chi connectivity index (χ2n) is 8.78. The number of carbonyl (C=O) groups excluding carboxylic acids is 1. The molecule has 39 heavy (non-hydrogen) atoms. The van der Waals surface area contributed by atoms with Crippen LogP contribution in [0.25, 0.3) is 10.9 Å². The number of carbonyl (C=O) groups is 1. The zero-order chi connectivity index (χ0) is 27.4. The lowest BCUT2D eigenvalue weighted by Crippen LogP contribution is -2.42. The molecule has 1 unspecified atom stereocenters. The van der Waals surface area contributed by atoms with E-state index in [1.165, 1.54) is 24.3 Å². The highest BCUT2D eigenvalue weighted by molar-refractivity contribution is 8.24. The highest BCUT2D eigenvalue weighted by Gasteiger charge is 2.35. The highest BCUT2D eigenvalue weighted by Crippen LogP contribution is 2.40. The standard InChI is InChI=1S/C28H25ClFN5O3S/c29-18-3-10-24-23(15-18)22-11-13-35(28(36)38-21-8-4-19(30)5-9-21)26(25(22)34-24)17-1-6-20(7-2-17)37-14-12-33-27(32)39-16-31/h1-10,15-16,26,31,34H,11-14H2,(H2,32,33). The van der Waals surface area contributed by atoms with Crippen molar-refractivity contribution in [2.45, 2.75) is 12.5 Å². The van der Waals surface area contributed by atoms with Gasteiger partial charge in [0.2, 0.25) is 0 Å². The van der Waals surface area contributed by atoms with Gasteiger partial charge in [0, 0.05) is 28.2 Å². The summed E-state index contributed by atoms with van der Waals surface area (Å²) in [5.74, 6) is 0.499. The van der Waals surface area contributed by atoms with Gasteiger partial charge in [-0.15, -0.1) is 0 Å². The van der Waals surface area contributed by atoms with Crippen LogP contribution < -0.4 is 14.8 Å². The Bertz CT molecular complexity index is 1510. The Morgan fingerprint density at radius 3 is 2.64 bits per heavy atom. The van der Waals surface area contributed by atoms with E-state index in [0.717, 1.165) is 45.0 Å². The number of H-pyrrole nitrogens is 1. The van der Waals surface area contributed by atoms with Crippen molar-refractivity contribution in [1.29, 1.82) is 10.8 Å². The molecule has 1 amide bonds. The van der Waals surface area contributed by atoms with Crippen molar-refractivity contribution >= 4 is 51.1 Å². The number of nitrogens with zero attached hydrogens (tertiary/aromatic N) is 1. The molecule has 0 saturated carbocycles. The summed E-state index contributed by atoms with van der Waals surface area (Å²) in [7, 11) is 0. The molecule has 0 spiro atoms. The second kappa shape index (κ2) is 11.8. The number of ether oxygens (including phenoxy) is 2. The number of hydrogen-bond acceptors (Lipinski definition) is 6. The van der Waals surface area contributed by atoms with Gasteiger partial charge in [0.05, 0.1) is 12.1 Å². The Balaban J connectivity index is 1.40. The zero-order valence-corrected chi connectivity index (χ0v) is 22.2. The Hall–Kier alpha value is -4.02. The Labute approximate surface area is 233 Å². The summed E-state index contributed by atoms with van der Waals surface area (Å²) in [4.78, 5) is 18.5. The van der Waals surface area contributed by atoms with Crippen LogP contribution in [0.5, 0.6) is 11.5 Å². The van der Waals surface area contributed by atoms with Gasteiger partial charge in [-0.05, 0) is 83.9 Å². The second-order valence-corrected chi connectivity index (χ2v) is 10.1. The molecule has 1 aliphatic rings. The lowest BCUT2D eigenvalue weighted by Gasteiger charge is -2.35. The van der Waals surface area contributed by atoms with Crippen molar-refractivity contribution in [2.75, 3.05) is 19.7 Å². The first-order valence-electron chi connectivity index (χ1n) is 12.2. The van der Waals surface area contributed by atoms with Crippen LogP contribution in [0.2, 0.25) is 5.02 Å². The summed E-state index contributed by atoms with van der Waals surface area (Å²) < 4.78 is 24.8. The van der Waals surface area contributed by atoms with Gasteiger partial charge in [0.25, 0.3) is 0 Å². The molecule has 4 aromatic rings. The maximum Gasteiger partial charge on any atom is 0.416 e. The fraction of sp³-hybridized carbons (Fsp3) is 0.179. The molecule has 8 nitrogen and oxygen atoms in total. The van der Waals surface area contributed by atoms with Gasteiger partial charge < -0.3 is 25.2 Å². The van der Waals surface area contributed by atoms with Gasteiger partial charge in [0.15, 0.2) is 5.17 Å². The van der Waals surface area contributed by atoms with Crippen molar-refractivity contribution in [2.24, 2.45) is 0 Å². The number of thioether (sulfide) groups is 1. The maximum atomic E-state index is 13.4. The minimum Gasteiger partial charge on any atom is -0.492 e. The maximum absolute atomic E-state index is 13.4. The number of amidine groups is 1. The fourth-order valence-electron chi connectivity index (χ4n) is 4.65. The van der Waals surface area contributed by atoms with Crippen LogP contribution in [-0.4, -0.2) is 46.4 Å². The van der Waals surface area contributed by atoms with Gasteiger partial charge >= 0.3 is 6.09 Å². The van der Waals surface area contributed by atoms with Crippen LogP contribution in [0.3, 0.4) is 0 Å². The highest BCUT2D eigenvalue weighted by atomic mass is 35.5. The third-order valence-corrected chi connectivity index (χ3v) is 7.10. The minimum absolute atomic E-state index is 0.185. The summed E-state index contributed by atoms with van der Waals surface area (Å²) in [5.41, 5.74) is 4.86. The number of rotatable bonds is 7. The van der Waals surface area contributed by atoms with Crippen molar-refractivity contribution in [3.63, 3.8) is 0 Å². The first kappa shape index (κ1) is 26.6. The fourth-order valence-corrected chi connectivity index (χ4v) is 5.12. The molecule has 11 heteroatoms. The molecule has 2 heterocycles. The number of aromatic nitrogens is 1. The Morgan fingerprint density at radius 1 is 1.15 bits per heavy atom. The first-order chi connectivity index (χ1) is 18.9. The zero-order valence-electron chi connectivity index (χ0n) is 20.7. The molecule has 0 radical (unpaired) electrons. The van der Waals surface area contributed by atoms with Crippen LogP contribution >= 0.6 is 23.4 Å².